The molecule has 0 spiro atoms. The second-order valence-corrected chi connectivity index (χ2v) is 6.35. The maximum atomic E-state index is 4.99. The summed E-state index contributed by atoms with van der Waals surface area (Å²) in [4.78, 5) is 4.33. The van der Waals surface area contributed by atoms with Crippen molar-refractivity contribution in [2.45, 2.75) is 52.4 Å². The molecule has 3 nitrogen and oxygen atoms in total. The summed E-state index contributed by atoms with van der Waals surface area (Å²) in [6.45, 7) is 7.04. The fraction of sp³-hybridized carbons (Fsp3) is 0.833. The molecule has 2 rings (SSSR count). The summed E-state index contributed by atoms with van der Waals surface area (Å²) in [5.74, 6) is 2.48. The first-order valence-corrected chi connectivity index (χ1v) is 6.52. The molecule has 1 fully saturated rings. The number of nitrogens with one attached hydrogen (secondary N) is 2. The lowest BCUT2D eigenvalue weighted by Crippen LogP contribution is -2.25. The maximum Gasteiger partial charge on any atom is 0.213 e. The smallest absolute Gasteiger partial charge is 0.213 e. The minimum atomic E-state index is 0.448. The zero-order chi connectivity index (χ0) is 11.8. The Balaban J connectivity index is 1.98. The molecule has 1 aromatic heterocycles. The van der Waals surface area contributed by atoms with Crippen LogP contribution in [-0.2, 0) is 0 Å². The predicted octanol–water partition coefficient (Wildman–Crippen LogP) is 3.79. The predicted molar refractivity (Wildman–Crippen MR) is 67.9 cm³/mol. The summed E-state index contributed by atoms with van der Waals surface area (Å²) >= 11 is 4.99. The van der Waals surface area contributed by atoms with Crippen LogP contribution >= 0.6 is 12.2 Å². The monoisotopic (exact) mass is 239 g/mol. The van der Waals surface area contributed by atoms with Gasteiger partial charge in [0.05, 0.1) is 0 Å². The summed E-state index contributed by atoms with van der Waals surface area (Å²) in [5.41, 5.74) is 0.448. The van der Waals surface area contributed by atoms with Gasteiger partial charge in [0.25, 0.3) is 0 Å². The van der Waals surface area contributed by atoms with Crippen LogP contribution in [0.25, 0.3) is 0 Å². The third-order valence-electron chi connectivity index (χ3n) is 3.86. The molecule has 0 aliphatic heterocycles. The van der Waals surface area contributed by atoms with Gasteiger partial charge in [0.15, 0.2) is 0 Å². The van der Waals surface area contributed by atoms with Crippen molar-refractivity contribution in [1.82, 2.24) is 15.2 Å². The van der Waals surface area contributed by atoms with E-state index in [1.54, 1.807) is 0 Å². The van der Waals surface area contributed by atoms with E-state index in [0.717, 1.165) is 11.7 Å². The lowest BCUT2D eigenvalue weighted by atomic mass is 9.70. The van der Waals surface area contributed by atoms with Crippen LogP contribution in [0.1, 0.15) is 58.2 Å². The van der Waals surface area contributed by atoms with E-state index < -0.39 is 0 Å². The molecule has 0 aromatic carbocycles. The molecule has 90 valence electrons. The summed E-state index contributed by atoms with van der Waals surface area (Å²) in [6, 6.07) is 0. The van der Waals surface area contributed by atoms with Crippen LogP contribution in [0.5, 0.6) is 0 Å². The van der Waals surface area contributed by atoms with Gasteiger partial charge in [-0.2, -0.15) is 0 Å². The van der Waals surface area contributed by atoms with Crippen molar-refractivity contribution < 1.29 is 0 Å². The molecule has 1 aliphatic rings. The Kier molecular flexibility index (Phi) is 3.19. The highest BCUT2D eigenvalue weighted by molar-refractivity contribution is 7.71. The van der Waals surface area contributed by atoms with Crippen molar-refractivity contribution in [3.05, 3.63) is 10.6 Å². The Morgan fingerprint density at radius 1 is 1.12 bits per heavy atom. The van der Waals surface area contributed by atoms with Crippen LogP contribution in [0.4, 0.5) is 0 Å². The number of nitrogens with zero attached hydrogens (tertiary/aromatic N) is 1. The first-order valence-electron chi connectivity index (χ1n) is 6.11. The van der Waals surface area contributed by atoms with E-state index in [0.29, 0.717) is 16.1 Å². The Morgan fingerprint density at radius 3 is 2.19 bits per heavy atom. The van der Waals surface area contributed by atoms with Crippen molar-refractivity contribution in [1.29, 1.82) is 0 Å². The van der Waals surface area contributed by atoms with Gasteiger partial charge in [-0.3, -0.25) is 10.2 Å². The van der Waals surface area contributed by atoms with E-state index >= 15 is 0 Å². The van der Waals surface area contributed by atoms with Crippen LogP contribution in [0, 0.1) is 16.1 Å². The van der Waals surface area contributed by atoms with Gasteiger partial charge in [-0.05, 0) is 49.2 Å². The molecule has 0 unspecified atom stereocenters. The van der Waals surface area contributed by atoms with Crippen molar-refractivity contribution in [2.75, 3.05) is 0 Å². The molecule has 0 amide bonds. The zero-order valence-electron chi connectivity index (χ0n) is 10.3. The van der Waals surface area contributed by atoms with Crippen molar-refractivity contribution in [2.24, 2.45) is 11.3 Å². The van der Waals surface area contributed by atoms with Gasteiger partial charge in [0, 0.05) is 5.92 Å². The highest BCUT2D eigenvalue weighted by atomic mass is 32.1. The Hall–Kier alpha value is -0.640. The number of hydrogen-bond acceptors (Lipinski definition) is 2. The van der Waals surface area contributed by atoms with E-state index in [2.05, 4.69) is 36.0 Å². The number of hydrogen-bond donors (Lipinski definition) is 2. The van der Waals surface area contributed by atoms with Crippen LogP contribution in [0.2, 0.25) is 0 Å². The molecule has 4 heteroatoms. The minimum Gasteiger partial charge on any atom is -0.285 e. The summed E-state index contributed by atoms with van der Waals surface area (Å²) in [5, 5.41) is 5.97. The molecule has 0 bridgehead atoms. The third-order valence-corrected chi connectivity index (χ3v) is 4.05. The molecule has 1 heterocycles. The van der Waals surface area contributed by atoms with E-state index in [1.165, 1.54) is 25.7 Å². The standard InChI is InChI=1S/C12H21N3S/c1-12(2,3)9-6-4-8(5-7-9)10-13-11(16)15-14-10/h8-9H,4-7H2,1-3H3,(H2,13,14,15,16). The first kappa shape index (κ1) is 11.8. The Bertz CT molecular complexity index is 391. The highest BCUT2D eigenvalue weighted by Gasteiger charge is 2.31. The molecule has 1 aliphatic carbocycles. The highest BCUT2D eigenvalue weighted by Crippen LogP contribution is 2.42. The van der Waals surface area contributed by atoms with E-state index in [9.17, 15) is 0 Å². The van der Waals surface area contributed by atoms with Crippen LogP contribution in [0.3, 0.4) is 0 Å². The second-order valence-electron chi connectivity index (χ2n) is 5.97. The molecule has 0 radical (unpaired) electrons. The van der Waals surface area contributed by atoms with Crippen LogP contribution in [-0.4, -0.2) is 15.2 Å². The van der Waals surface area contributed by atoms with E-state index in [1.807, 2.05) is 0 Å². The quantitative estimate of drug-likeness (QED) is 0.732. The SMILES string of the molecule is CC(C)(C)C1CCC(c2nc(=S)[nH][nH]2)CC1. The topological polar surface area (TPSA) is 44.5 Å². The summed E-state index contributed by atoms with van der Waals surface area (Å²) in [7, 11) is 0. The fourth-order valence-corrected chi connectivity index (χ4v) is 2.86. The van der Waals surface area contributed by atoms with Crippen LogP contribution < -0.4 is 0 Å². The number of aromatic amines is 2. The maximum absolute atomic E-state index is 4.99. The van der Waals surface area contributed by atoms with Gasteiger partial charge < -0.3 is 0 Å². The number of aromatic nitrogens is 3. The molecular formula is C12H21N3S. The van der Waals surface area contributed by atoms with Crippen molar-refractivity contribution in [3.8, 4) is 0 Å². The Labute approximate surface area is 102 Å². The molecule has 0 saturated heterocycles. The van der Waals surface area contributed by atoms with Gasteiger partial charge in [0.2, 0.25) is 4.77 Å². The fourth-order valence-electron chi connectivity index (χ4n) is 2.71. The van der Waals surface area contributed by atoms with Gasteiger partial charge in [-0.25, -0.2) is 4.98 Å². The van der Waals surface area contributed by atoms with Gasteiger partial charge in [-0.15, -0.1) is 0 Å². The minimum absolute atomic E-state index is 0.448. The molecule has 16 heavy (non-hydrogen) atoms. The molecular weight excluding hydrogens is 218 g/mol. The lowest BCUT2D eigenvalue weighted by Gasteiger charge is -2.36. The average molecular weight is 239 g/mol. The first-order chi connectivity index (χ1) is 7.47. The van der Waals surface area contributed by atoms with E-state index in [-0.39, 0.29) is 0 Å². The van der Waals surface area contributed by atoms with Gasteiger partial charge >= 0.3 is 0 Å². The molecule has 0 atom stereocenters. The van der Waals surface area contributed by atoms with Gasteiger partial charge in [-0.1, -0.05) is 20.8 Å². The van der Waals surface area contributed by atoms with E-state index in [4.69, 9.17) is 12.2 Å². The average Bonchev–Trinajstić information content (AvgIpc) is 2.64. The molecule has 2 N–H and O–H groups in total. The number of H-pyrrole nitrogens is 2. The van der Waals surface area contributed by atoms with Crippen molar-refractivity contribution >= 4 is 12.2 Å². The molecule has 1 saturated carbocycles. The van der Waals surface area contributed by atoms with Crippen molar-refractivity contribution in [3.63, 3.8) is 0 Å². The van der Waals surface area contributed by atoms with Gasteiger partial charge in [0.1, 0.15) is 5.82 Å². The normalized spacial score (nSPS) is 26.9. The number of rotatable bonds is 1. The summed E-state index contributed by atoms with van der Waals surface area (Å²) in [6.07, 6.45) is 5.08. The molecule has 1 aromatic rings. The second kappa shape index (κ2) is 4.32. The lowest BCUT2D eigenvalue weighted by molar-refractivity contribution is 0.167. The van der Waals surface area contributed by atoms with Crippen LogP contribution in [0.15, 0.2) is 0 Å². The third kappa shape index (κ3) is 2.54. The largest absolute Gasteiger partial charge is 0.285 e. The Morgan fingerprint density at radius 2 is 1.75 bits per heavy atom. The zero-order valence-corrected chi connectivity index (χ0v) is 11.2. The summed E-state index contributed by atoms with van der Waals surface area (Å²) < 4.78 is 0.577.